The van der Waals surface area contributed by atoms with Crippen molar-refractivity contribution in [1.82, 2.24) is 9.47 Å². The van der Waals surface area contributed by atoms with Gasteiger partial charge in [-0.05, 0) is 67.3 Å². The van der Waals surface area contributed by atoms with Gasteiger partial charge in [-0.15, -0.1) is 0 Å². The van der Waals surface area contributed by atoms with Gasteiger partial charge in [-0.3, -0.25) is 0 Å². The Morgan fingerprint density at radius 3 is 2.47 bits per heavy atom. The van der Waals surface area contributed by atoms with Crippen LogP contribution < -0.4 is 4.74 Å². The monoisotopic (exact) mass is 538 g/mol. The van der Waals surface area contributed by atoms with E-state index in [1.165, 1.54) is 0 Å². The number of carbonyl (C=O) groups excluding carboxylic acids is 1. The van der Waals surface area contributed by atoms with Crippen molar-refractivity contribution in [2.24, 2.45) is 7.05 Å². The second-order valence-electron chi connectivity index (χ2n) is 7.16. The molecule has 0 bridgehead atoms. The third kappa shape index (κ3) is 4.50. The van der Waals surface area contributed by atoms with Gasteiger partial charge in [-0.1, -0.05) is 15.9 Å². The quantitative estimate of drug-likeness (QED) is 0.417. The number of nitrogens with zero attached hydrogens (tertiary/aromatic N) is 2. The van der Waals surface area contributed by atoms with Gasteiger partial charge < -0.3 is 24.0 Å². The van der Waals surface area contributed by atoms with Crippen LogP contribution in [0.5, 0.6) is 11.5 Å². The lowest BCUT2D eigenvalue weighted by Crippen LogP contribution is -2.13. The molecule has 1 N–H and O–H groups in total. The number of hydrogen-bond donors (Lipinski definition) is 1. The van der Waals surface area contributed by atoms with Crippen molar-refractivity contribution in [2.45, 2.75) is 20.1 Å². The van der Waals surface area contributed by atoms with E-state index < -0.39 is 5.97 Å². The highest BCUT2D eigenvalue weighted by atomic mass is 79.9. The van der Waals surface area contributed by atoms with Crippen LogP contribution >= 0.6 is 31.9 Å². The molecule has 0 fully saturated rings. The van der Waals surface area contributed by atoms with E-state index in [4.69, 9.17) is 9.47 Å². The number of ether oxygens (including phenoxy) is 2. The summed E-state index contributed by atoms with van der Waals surface area (Å²) >= 11 is 6.85. The lowest BCUT2D eigenvalue weighted by atomic mass is 10.0. The van der Waals surface area contributed by atoms with Crippen LogP contribution in [-0.4, -0.2) is 41.2 Å². The van der Waals surface area contributed by atoms with Crippen molar-refractivity contribution in [3.8, 4) is 11.5 Å². The van der Waals surface area contributed by atoms with Crippen LogP contribution in [0.2, 0.25) is 0 Å². The molecule has 3 rings (SSSR count). The number of rotatable bonds is 7. The van der Waals surface area contributed by atoms with Crippen LogP contribution in [0.4, 0.5) is 0 Å². The van der Waals surface area contributed by atoms with Crippen LogP contribution in [0.1, 0.15) is 28.5 Å². The summed E-state index contributed by atoms with van der Waals surface area (Å²) in [4.78, 5) is 14.9. The summed E-state index contributed by atoms with van der Waals surface area (Å²) in [5.41, 5.74) is 2.59. The lowest BCUT2D eigenvalue weighted by molar-refractivity contribution is 0.0525. The number of hydrogen-bond acceptors (Lipinski definition) is 5. The largest absolute Gasteiger partial charge is 0.506 e. The Hall–Kier alpha value is -2.03. The van der Waals surface area contributed by atoms with Crippen molar-refractivity contribution in [3.63, 3.8) is 0 Å². The summed E-state index contributed by atoms with van der Waals surface area (Å²) in [5.74, 6) is 0.378. The number of aromatic hydroxyl groups is 1. The standard InChI is InChI=1S/C22H24Br2N2O4/c1-5-29-22(28)20-18(12-30-14-8-6-13(23)7-9-14)26(4)17-10-16(24)21(27)15(19(17)20)11-25(2)3/h6-10,27H,5,11-12H2,1-4H3. The molecule has 1 heterocycles. The first-order chi connectivity index (χ1) is 14.2. The molecule has 0 atom stereocenters. The van der Waals surface area contributed by atoms with E-state index in [0.717, 1.165) is 9.99 Å². The molecule has 160 valence electrons. The molecular formula is C22H24Br2N2O4. The summed E-state index contributed by atoms with van der Waals surface area (Å²) in [6, 6.07) is 9.32. The number of aromatic nitrogens is 1. The molecule has 1 aromatic heterocycles. The molecule has 2 aromatic carbocycles. The zero-order valence-corrected chi connectivity index (χ0v) is 20.5. The highest BCUT2D eigenvalue weighted by Gasteiger charge is 2.27. The maximum absolute atomic E-state index is 13.0. The van der Waals surface area contributed by atoms with Gasteiger partial charge in [0.25, 0.3) is 0 Å². The van der Waals surface area contributed by atoms with E-state index >= 15 is 0 Å². The van der Waals surface area contributed by atoms with Gasteiger partial charge >= 0.3 is 5.97 Å². The molecular weight excluding hydrogens is 516 g/mol. The number of aryl methyl sites for hydroxylation is 1. The van der Waals surface area contributed by atoms with Crippen LogP contribution in [0, 0.1) is 0 Å². The minimum atomic E-state index is -0.431. The highest BCUT2D eigenvalue weighted by molar-refractivity contribution is 9.10. The van der Waals surface area contributed by atoms with Crippen LogP contribution in [0.25, 0.3) is 10.9 Å². The molecule has 0 aliphatic heterocycles. The number of esters is 1. The smallest absolute Gasteiger partial charge is 0.340 e. The first-order valence-electron chi connectivity index (χ1n) is 9.46. The fourth-order valence-corrected chi connectivity index (χ4v) is 4.14. The molecule has 0 aliphatic carbocycles. The minimum absolute atomic E-state index is 0.118. The summed E-state index contributed by atoms with van der Waals surface area (Å²) in [6.45, 7) is 2.68. The summed E-state index contributed by atoms with van der Waals surface area (Å²) < 4.78 is 14.8. The predicted molar refractivity (Wildman–Crippen MR) is 124 cm³/mol. The fraction of sp³-hybridized carbons (Fsp3) is 0.318. The molecule has 0 aliphatic rings. The zero-order valence-electron chi connectivity index (χ0n) is 17.3. The number of halogens is 2. The van der Waals surface area contributed by atoms with E-state index in [9.17, 15) is 9.90 Å². The normalized spacial score (nSPS) is 11.3. The lowest BCUT2D eigenvalue weighted by Gasteiger charge is -2.15. The van der Waals surface area contributed by atoms with Crippen molar-refractivity contribution < 1.29 is 19.4 Å². The molecule has 0 saturated heterocycles. The van der Waals surface area contributed by atoms with Gasteiger partial charge in [0.15, 0.2) is 0 Å². The summed E-state index contributed by atoms with van der Waals surface area (Å²) in [7, 11) is 5.71. The summed E-state index contributed by atoms with van der Waals surface area (Å²) in [5, 5.41) is 11.4. The maximum atomic E-state index is 13.0. The topological polar surface area (TPSA) is 63.9 Å². The third-order valence-corrected chi connectivity index (χ3v) is 5.91. The van der Waals surface area contributed by atoms with Gasteiger partial charge in [0.05, 0.1) is 27.9 Å². The van der Waals surface area contributed by atoms with Gasteiger partial charge in [-0.2, -0.15) is 0 Å². The third-order valence-electron chi connectivity index (χ3n) is 4.78. The van der Waals surface area contributed by atoms with Gasteiger partial charge in [-0.25, -0.2) is 4.79 Å². The van der Waals surface area contributed by atoms with Gasteiger partial charge in [0.1, 0.15) is 18.1 Å². The second kappa shape index (κ2) is 9.41. The average Bonchev–Trinajstić information content (AvgIpc) is 2.96. The van der Waals surface area contributed by atoms with Crippen molar-refractivity contribution in [2.75, 3.05) is 20.7 Å². The number of phenols is 1. The number of phenolic OH excluding ortho intramolecular Hbond substituents is 1. The molecule has 6 nitrogen and oxygen atoms in total. The van der Waals surface area contributed by atoms with Crippen molar-refractivity contribution in [1.29, 1.82) is 0 Å². The number of fused-ring (bicyclic) bond motifs is 1. The first-order valence-corrected chi connectivity index (χ1v) is 11.0. The zero-order chi connectivity index (χ0) is 22.0. The number of benzene rings is 2. The molecule has 0 amide bonds. The van der Waals surface area contributed by atoms with Crippen molar-refractivity contribution in [3.05, 3.63) is 56.1 Å². The molecule has 0 radical (unpaired) electrons. The minimum Gasteiger partial charge on any atom is -0.506 e. The Morgan fingerprint density at radius 1 is 1.20 bits per heavy atom. The van der Waals surface area contributed by atoms with E-state index in [1.807, 2.05) is 60.9 Å². The molecule has 0 unspecified atom stereocenters. The van der Waals surface area contributed by atoms with E-state index in [1.54, 1.807) is 6.92 Å². The van der Waals surface area contributed by atoms with E-state index in [2.05, 4.69) is 31.9 Å². The molecule has 30 heavy (non-hydrogen) atoms. The molecule has 3 aromatic rings. The Labute approximate surface area is 192 Å². The fourth-order valence-electron chi connectivity index (χ4n) is 3.42. The molecule has 0 saturated carbocycles. The van der Waals surface area contributed by atoms with Crippen LogP contribution in [-0.2, 0) is 24.9 Å². The Bertz CT molecular complexity index is 1080. The SMILES string of the molecule is CCOC(=O)c1c(COc2ccc(Br)cc2)n(C)c2cc(Br)c(O)c(CN(C)C)c12. The Balaban J connectivity index is 2.19. The average molecular weight is 540 g/mol. The predicted octanol–water partition coefficient (Wildman–Crippen LogP) is 5.23. The Morgan fingerprint density at radius 2 is 1.87 bits per heavy atom. The van der Waals surface area contributed by atoms with Crippen LogP contribution in [0.15, 0.2) is 39.3 Å². The Kier molecular flexibility index (Phi) is 7.10. The van der Waals surface area contributed by atoms with E-state index in [0.29, 0.717) is 39.0 Å². The van der Waals surface area contributed by atoms with Crippen LogP contribution in [0.3, 0.4) is 0 Å². The second-order valence-corrected chi connectivity index (χ2v) is 8.93. The van der Waals surface area contributed by atoms with Gasteiger partial charge in [0.2, 0.25) is 0 Å². The van der Waals surface area contributed by atoms with E-state index in [-0.39, 0.29) is 19.0 Å². The van der Waals surface area contributed by atoms with Gasteiger partial charge in [0, 0.05) is 29.0 Å². The summed E-state index contributed by atoms with van der Waals surface area (Å²) in [6.07, 6.45) is 0. The van der Waals surface area contributed by atoms with Crippen molar-refractivity contribution >= 4 is 48.7 Å². The molecule has 0 spiro atoms. The maximum Gasteiger partial charge on any atom is 0.340 e. The molecule has 8 heteroatoms. The number of carbonyl (C=O) groups is 1. The highest BCUT2D eigenvalue weighted by Crippen LogP contribution is 2.40. The first kappa shape index (κ1) is 22.7.